The lowest BCUT2D eigenvalue weighted by molar-refractivity contribution is 0.480. The summed E-state index contributed by atoms with van der Waals surface area (Å²) in [6.07, 6.45) is 1.84. The summed E-state index contributed by atoms with van der Waals surface area (Å²) in [5, 5.41) is 11.7. The first kappa shape index (κ1) is 27.4. The van der Waals surface area contributed by atoms with Crippen LogP contribution in [0.15, 0.2) is 115 Å². The SMILES string of the molecule is CC(C)c1ccc(O)c2nc(-c3ccc4c(c3)N(c3ccc(C#Cc5ccccc5)cn3)c3ccccc3C4(C)C)ccc12. The van der Waals surface area contributed by atoms with Gasteiger partial charge in [-0.15, -0.1) is 0 Å². The van der Waals surface area contributed by atoms with Crippen LogP contribution in [-0.2, 0) is 5.41 Å². The Morgan fingerprint density at radius 2 is 1.48 bits per heavy atom. The van der Waals surface area contributed by atoms with E-state index in [1.54, 1.807) is 6.07 Å². The topological polar surface area (TPSA) is 49.3 Å². The maximum absolute atomic E-state index is 10.7. The van der Waals surface area contributed by atoms with Crippen molar-refractivity contribution in [3.63, 3.8) is 0 Å². The molecule has 0 saturated carbocycles. The molecule has 0 aliphatic carbocycles. The van der Waals surface area contributed by atoms with Crippen LogP contribution in [0.2, 0.25) is 0 Å². The highest BCUT2D eigenvalue weighted by Crippen LogP contribution is 2.52. The fourth-order valence-corrected chi connectivity index (χ4v) is 6.27. The molecule has 4 heteroatoms. The van der Waals surface area contributed by atoms with Gasteiger partial charge in [0.15, 0.2) is 0 Å². The Morgan fingerprint density at radius 1 is 0.727 bits per heavy atom. The smallest absolute Gasteiger partial charge is 0.141 e. The molecule has 7 rings (SSSR count). The first-order valence-corrected chi connectivity index (χ1v) is 15.0. The summed E-state index contributed by atoms with van der Waals surface area (Å²) in [6.45, 7) is 8.87. The van der Waals surface area contributed by atoms with E-state index in [1.165, 1.54) is 16.7 Å². The summed E-state index contributed by atoms with van der Waals surface area (Å²) in [5.74, 6) is 7.81. The molecule has 4 aromatic carbocycles. The second-order valence-corrected chi connectivity index (χ2v) is 12.2. The number of fused-ring (bicyclic) bond motifs is 3. The number of hydrogen-bond donors (Lipinski definition) is 1. The molecular weight excluding hydrogens is 538 g/mol. The summed E-state index contributed by atoms with van der Waals surface area (Å²) in [4.78, 5) is 12.1. The minimum atomic E-state index is -0.219. The van der Waals surface area contributed by atoms with Crippen LogP contribution >= 0.6 is 0 Å². The lowest BCUT2D eigenvalue weighted by atomic mass is 9.73. The molecule has 0 fully saturated rings. The van der Waals surface area contributed by atoms with E-state index in [-0.39, 0.29) is 11.2 Å². The van der Waals surface area contributed by atoms with E-state index in [2.05, 4.69) is 99.0 Å². The molecule has 44 heavy (non-hydrogen) atoms. The van der Waals surface area contributed by atoms with Crippen LogP contribution in [0, 0.1) is 11.8 Å². The molecule has 3 heterocycles. The van der Waals surface area contributed by atoms with Gasteiger partial charge in [0.1, 0.15) is 17.1 Å². The molecule has 0 amide bonds. The first-order valence-electron chi connectivity index (χ1n) is 15.0. The Labute approximate surface area is 258 Å². The number of nitrogens with zero attached hydrogens (tertiary/aromatic N) is 3. The summed E-state index contributed by atoms with van der Waals surface area (Å²) in [6, 6.07) is 37.0. The summed E-state index contributed by atoms with van der Waals surface area (Å²) in [5.41, 5.74) is 9.82. The van der Waals surface area contributed by atoms with E-state index in [0.717, 1.165) is 45.0 Å². The molecule has 0 bridgehead atoms. The molecule has 0 spiro atoms. The van der Waals surface area contributed by atoms with Crippen molar-refractivity contribution in [1.82, 2.24) is 9.97 Å². The largest absolute Gasteiger partial charge is 0.506 e. The zero-order valence-corrected chi connectivity index (χ0v) is 25.3. The van der Waals surface area contributed by atoms with Crippen LogP contribution in [0.5, 0.6) is 5.75 Å². The lowest BCUT2D eigenvalue weighted by Gasteiger charge is -2.41. The van der Waals surface area contributed by atoms with Crippen LogP contribution in [0.3, 0.4) is 0 Å². The Balaban J connectivity index is 1.35. The maximum Gasteiger partial charge on any atom is 0.141 e. The van der Waals surface area contributed by atoms with Crippen molar-refractivity contribution in [3.8, 4) is 28.8 Å². The van der Waals surface area contributed by atoms with E-state index in [4.69, 9.17) is 9.97 Å². The van der Waals surface area contributed by atoms with Crippen LogP contribution in [0.4, 0.5) is 17.2 Å². The van der Waals surface area contributed by atoms with Crippen molar-refractivity contribution in [3.05, 3.63) is 143 Å². The fraction of sp³-hybridized carbons (Fsp3) is 0.150. The van der Waals surface area contributed by atoms with Crippen LogP contribution in [0.1, 0.15) is 61.4 Å². The predicted molar refractivity (Wildman–Crippen MR) is 180 cm³/mol. The third-order valence-corrected chi connectivity index (χ3v) is 8.62. The summed E-state index contributed by atoms with van der Waals surface area (Å²) < 4.78 is 0. The maximum atomic E-state index is 10.7. The highest BCUT2D eigenvalue weighted by atomic mass is 16.3. The molecular formula is C40H33N3O. The average molecular weight is 572 g/mol. The molecule has 1 aliphatic rings. The molecule has 0 radical (unpaired) electrons. The molecule has 0 unspecified atom stereocenters. The van der Waals surface area contributed by atoms with Gasteiger partial charge in [-0.1, -0.05) is 100 Å². The van der Waals surface area contributed by atoms with Crippen molar-refractivity contribution in [2.75, 3.05) is 4.90 Å². The van der Waals surface area contributed by atoms with Crippen molar-refractivity contribution in [1.29, 1.82) is 0 Å². The minimum absolute atomic E-state index is 0.195. The van der Waals surface area contributed by atoms with Gasteiger partial charge in [-0.05, 0) is 71.1 Å². The molecule has 2 aromatic heterocycles. The van der Waals surface area contributed by atoms with E-state index in [1.807, 2.05) is 54.7 Å². The number of benzene rings is 4. The molecule has 1 N–H and O–H groups in total. The third kappa shape index (κ3) is 4.68. The average Bonchev–Trinajstić information content (AvgIpc) is 3.05. The zero-order valence-electron chi connectivity index (χ0n) is 25.3. The van der Waals surface area contributed by atoms with Crippen molar-refractivity contribution in [2.24, 2.45) is 0 Å². The van der Waals surface area contributed by atoms with Crippen LogP contribution < -0.4 is 4.90 Å². The van der Waals surface area contributed by atoms with Gasteiger partial charge in [-0.25, -0.2) is 9.97 Å². The van der Waals surface area contributed by atoms with Crippen molar-refractivity contribution >= 4 is 28.1 Å². The Bertz CT molecular complexity index is 2080. The van der Waals surface area contributed by atoms with Crippen LogP contribution in [0.25, 0.3) is 22.2 Å². The third-order valence-electron chi connectivity index (χ3n) is 8.62. The number of pyridine rings is 2. The number of phenols is 1. The monoisotopic (exact) mass is 571 g/mol. The number of aromatic hydroxyl groups is 1. The van der Waals surface area contributed by atoms with E-state index in [0.29, 0.717) is 11.4 Å². The van der Waals surface area contributed by atoms with Crippen molar-refractivity contribution < 1.29 is 5.11 Å². The van der Waals surface area contributed by atoms with Gasteiger partial charge >= 0.3 is 0 Å². The van der Waals surface area contributed by atoms with Crippen molar-refractivity contribution in [2.45, 2.75) is 39.0 Å². The van der Waals surface area contributed by atoms with E-state index in [9.17, 15) is 5.11 Å². The molecule has 0 atom stereocenters. The highest BCUT2D eigenvalue weighted by molar-refractivity contribution is 5.91. The van der Waals surface area contributed by atoms with Gasteiger partial charge in [0.25, 0.3) is 0 Å². The minimum Gasteiger partial charge on any atom is -0.506 e. The second kappa shape index (κ2) is 10.7. The number of phenolic OH excluding ortho intramolecular Hbond substituents is 1. The van der Waals surface area contributed by atoms with Gasteiger partial charge in [-0.2, -0.15) is 0 Å². The van der Waals surface area contributed by atoms with Gasteiger partial charge in [0.2, 0.25) is 0 Å². The molecule has 6 aromatic rings. The Morgan fingerprint density at radius 3 is 2.25 bits per heavy atom. The van der Waals surface area contributed by atoms with E-state index < -0.39 is 0 Å². The van der Waals surface area contributed by atoms with Gasteiger partial charge in [0.05, 0.1) is 17.1 Å². The van der Waals surface area contributed by atoms with E-state index >= 15 is 0 Å². The quantitative estimate of drug-likeness (QED) is 0.215. The standard InChI is InChI=1S/C40H33N3O/c1-26(2)30-19-22-37(44)39-31(30)18-21-34(42-39)29-17-20-33-36(24-29)43(35-13-9-8-12-32(35)40(33,3)4)38-23-16-28(25-41-38)15-14-27-10-6-5-7-11-27/h5-13,16-26,44H,1-4H3. The summed E-state index contributed by atoms with van der Waals surface area (Å²) >= 11 is 0. The number of para-hydroxylation sites is 1. The Hall–Kier alpha value is -5.40. The second-order valence-electron chi connectivity index (χ2n) is 12.2. The van der Waals surface area contributed by atoms with Crippen LogP contribution in [-0.4, -0.2) is 15.1 Å². The van der Waals surface area contributed by atoms with Gasteiger partial charge in [-0.3, -0.25) is 4.90 Å². The lowest BCUT2D eigenvalue weighted by Crippen LogP contribution is -2.31. The number of aromatic nitrogens is 2. The first-order chi connectivity index (χ1) is 21.3. The normalized spacial score (nSPS) is 13.2. The van der Waals surface area contributed by atoms with Gasteiger partial charge < -0.3 is 5.11 Å². The Kier molecular flexibility index (Phi) is 6.67. The summed E-state index contributed by atoms with van der Waals surface area (Å²) in [7, 11) is 0. The predicted octanol–water partition coefficient (Wildman–Crippen LogP) is 9.63. The van der Waals surface area contributed by atoms with Gasteiger partial charge in [0, 0.05) is 33.7 Å². The number of anilines is 3. The zero-order chi connectivity index (χ0) is 30.4. The number of rotatable bonds is 3. The molecule has 214 valence electrons. The number of hydrogen-bond acceptors (Lipinski definition) is 4. The fourth-order valence-electron chi connectivity index (χ4n) is 6.27. The highest BCUT2D eigenvalue weighted by Gasteiger charge is 2.37. The molecule has 0 saturated heterocycles. The molecule has 4 nitrogen and oxygen atoms in total. The molecule has 1 aliphatic heterocycles.